The Labute approximate surface area is 194 Å². The fourth-order valence-corrected chi connectivity index (χ4v) is 6.52. The predicted molar refractivity (Wildman–Crippen MR) is 122 cm³/mol. The summed E-state index contributed by atoms with van der Waals surface area (Å²) in [6.45, 7) is 0.400. The highest BCUT2D eigenvalue weighted by Crippen LogP contribution is 2.34. The number of hydrogen-bond donors (Lipinski definition) is 0. The number of aryl methyl sites for hydroxylation is 1. The number of halogens is 1. The lowest BCUT2D eigenvalue weighted by Gasteiger charge is -2.29. The van der Waals surface area contributed by atoms with Gasteiger partial charge in [-0.3, -0.25) is 4.79 Å². The van der Waals surface area contributed by atoms with Crippen LogP contribution in [0.1, 0.15) is 12.8 Å². The molecule has 0 bridgehead atoms. The van der Waals surface area contributed by atoms with Crippen LogP contribution < -0.4 is 14.3 Å². The Balaban J connectivity index is 1.54. The first kappa shape index (κ1) is 23.4. The molecule has 0 N–H and O–H groups in total. The van der Waals surface area contributed by atoms with E-state index in [1.165, 1.54) is 27.8 Å². The molecular formula is C22H24FN3O5S2. The molecule has 3 aromatic rings. The summed E-state index contributed by atoms with van der Waals surface area (Å²) in [7, 11) is 1.24. The number of hydrogen-bond acceptors (Lipinski definition) is 6. The number of rotatable bonds is 5. The summed E-state index contributed by atoms with van der Waals surface area (Å²) in [4.78, 5) is 17.8. The van der Waals surface area contributed by atoms with Gasteiger partial charge in [0.05, 0.1) is 19.1 Å². The highest BCUT2D eigenvalue weighted by atomic mass is 32.2. The van der Waals surface area contributed by atoms with E-state index in [0.29, 0.717) is 29.1 Å². The van der Waals surface area contributed by atoms with E-state index in [1.807, 2.05) is 7.05 Å². The number of aromatic nitrogens is 1. The average molecular weight is 494 g/mol. The predicted octanol–water partition coefficient (Wildman–Crippen LogP) is 2.92. The van der Waals surface area contributed by atoms with Crippen LogP contribution in [0.2, 0.25) is 0 Å². The van der Waals surface area contributed by atoms with Gasteiger partial charge in [0, 0.05) is 26.1 Å². The molecule has 1 amide bonds. The fraction of sp³-hybridized carbons (Fsp3) is 0.364. The molecular weight excluding hydrogens is 469 g/mol. The standard InChI is InChI=1S/C22H24FN3O5S2/c1-25-19-17(30-2)8-9-18(31-3)20(19)32-22(25)24-21(27)14-10-12-26(13-11-14)33(28,29)16-6-4-15(23)5-7-16/h4-9,14H,10-13H2,1-3H3. The van der Waals surface area contributed by atoms with Crippen molar-refractivity contribution in [3.63, 3.8) is 0 Å². The molecule has 0 spiro atoms. The Kier molecular flexibility index (Phi) is 6.55. The Morgan fingerprint density at radius 2 is 1.67 bits per heavy atom. The normalized spacial score (nSPS) is 16.3. The van der Waals surface area contributed by atoms with E-state index in [2.05, 4.69) is 4.99 Å². The Morgan fingerprint density at radius 3 is 2.27 bits per heavy atom. The zero-order chi connectivity index (χ0) is 23.8. The third kappa shape index (κ3) is 4.40. The second-order valence-electron chi connectivity index (χ2n) is 7.67. The first-order chi connectivity index (χ1) is 15.8. The lowest BCUT2D eigenvalue weighted by atomic mass is 9.98. The van der Waals surface area contributed by atoms with Gasteiger partial charge in [-0.25, -0.2) is 12.8 Å². The topological polar surface area (TPSA) is 90.2 Å². The monoisotopic (exact) mass is 493 g/mol. The first-order valence-electron chi connectivity index (χ1n) is 10.3. The average Bonchev–Trinajstić information content (AvgIpc) is 3.15. The number of amides is 1. The summed E-state index contributed by atoms with van der Waals surface area (Å²) in [5.41, 5.74) is 0.786. The van der Waals surface area contributed by atoms with E-state index < -0.39 is 15.8 Å². The lowest BCUT2D eigenvalue weighted by Crippen LogP contribution is -2.40. The van der Waals surface area contributed by atoms with Crippen molar-refractivity contribution < 1.29 is 27.1 Å². The molecule has 33 heavy (non-hydrogen) atoms. The van der Waals surface area contributed by atoms with Crippen LogP contribution in [0.4, 0.5) is 4.39 Å². The lowest BCUT2D eigenvalue weighted by molar-refractivity contribution is -0.122. The number of ether oxygens (including phenoxy) is 2. The van der Waals surface area contributed by atoms with Crippen LogP contribution in [0.3, 0.4) is 0 Å². The van der Waals surface area contributed by atoms with Gasteiger partial charge < -0.3 is 14.0 Å². The summed E-state index contributed by atoms with van der Waals surface area (Å²) in [5.74, 6) is 0.162. The molecule has 176 valence electrons. The van der Waals surface area contributed by atoms with Crippen molar-refractivity contribution in [3.05, 3.63) is 47.0 Å². The van der Waals surface area contributed by atoms with Crippen molar-refractivity contribution in [1.82, 2.24) is 8.87 Å². The molecule has 0 radical (unpaired) electrons. The largest absolute Gasteiger partial charge is 0.495 e. The van der Waals surface area contributed by atoms with Gasteiger partial charge in [0.1, 0.15) is 27.5 Å². The molecule has 8 nitrogen and oxygen atoms in total. The smallest absolute Gasteiger partial charge is 0.251 e. The highest BCUT2D eigenvalue weighted by Gasteiger charge is 2.32. The van der Waals surface area contributed by atoms with Gasteiger partial charge in [-0.15, -0.1) is 0 Å². The molecule has 1 fully saturated rings. The number of fused-ring (bicyclic) bond motifs is 1. The third-order valence-electron chi connectivity index (χ3n) is 5.77. The van der Waals surface area contributed by atoms with Gasteiger partial charge in [0.2, 0.25) is 10.0 Å². The summed E-state index contributed by atoms with van der Waals surface area (Å²) in [5, 5.41) is 0. The summed E-state index contributed by atoms with van der Waals surface area (Å²) in [6, 6.07) is 8.36. The van der Waals surface area contributed by atoms with Gasteiger partial charge in [0.25, 0.3) is 5.91 Å². The molecule has 0 unspecified atom stereocenters. The Morgan fingerprint density at radius 1 is 1.06 bits per heavy atom. The SMILES string of the molecule is COc1ccc(OC)c2c1sc(=NC(=O)C1CCN(S(=O)(=O)c3ccc(F)cc3)CC1)n2C. The van der Waals surface area contributed by atoms with Gasteiger partial charge in [-0.1, -0.05) is 11.3 Å². The van der Waals surface area contributed by atoms with Crippen molar-refractivity contribution in [1.29, 1.82) is 0 Å². The van der Waals surface area contributed by atoms with Crippen LogP contribution in [-0.4, -0.2) is 50.5 Å². The minimum absolute atomic E-state index is 0.0403. The molecule has 0 aliphatic carbocycles. The van der Waals surface area contributed by atoms with Gasteiger partial charge in [-0.05, 0) is 49.2 Å². The first-order valence-corrected chi connectivity index (χ1v) is 12.6. The number of piperidine rings is 1. The van der Waals surface area contributed by atoms with Crippen molar-refractivity contribution >= 4 is 37.5 Å². The minimum atomic E-state index is -3.73. The van der Waals surface area contributed by atoms with Crippen LogP contribution in [0.15, 0.2) is 46.3 Å². The van der Waals surface area contributed by atoms with Crippen LogP contribution in [0, 0.1) is 11.7 Å². The number of methoxy groups -OCH3 is 2. The molecule has 0 atom stereocenters. The van der Waals surface area contributed by atoms with E-state index in [4.69, 9.17) is 9.47 Å². The summed E-state index contributed by atoms with van der Waals surface area (Å²) in [6.07, 6.45) is 0.730. The Bertz CT molecular complexity index is 1360. The molecule has 1 saturated heterocycles. The van der Waals surface area contributed by atoms with Crippen molar-refractivity contribution in [2.45, 2.75) is 17.7 Å². The van der Waals surface area contributed by atoms with E-state index in [-0.39, 0.29) is 29.8 Å². The second kappa shape index (κ2) is 9.24. The Hall–Kier alpha value is -2.76. The molecule has 0 saturated carbocycles. The highest BCUT2D eigenvalue weighted by molar-refractivity contribution is 7.89. The number of benzene rings is 2. The molecule has 1 aliphatic rings. The van der Waals surface area contributed by atoms with E-state index in [9.17, 15) is 17.6 Å². The third-order valence-corrected chi connectivity index (χ3v) is 8.83. The molecule has 11 heteroatoms. The maximum absolute atomic E-state index is 13.1. The van der Waals surface area contributed by atoms with Gasteiger partial charge >= 0.3 is 0 Å². The van der Waals surface area contributed by atoms with E-state index in [1.54, 1.807) is 30.9 Å². The zero-order valence-corrected chi connectivity index (χ0v) is 20.1. The van der Waals surface area contributed by atoms with E-state index in [0.717, 1.165) is 22.3 Å². The summed E-state index contributed by atoms with van der Waals surface area (Å²) >= 11 is 1.33. The number of nitrogens with zero attached hydrogens (tertiary/aromatic N) is 3. The second-order valence-corrected chi connectivity index (χ2v) is 10.6. The van der Waals surface area contributed by atoms with Gasteiger partial charge in [0.15, 0.2) is 4.80 Å². The molecule has 4 rings (SSSR count). The molecule has 2 heterocycles. The van der Waals surface area contributed by atoms with E-state index >= 15 is 0 Å². The zero-order valence-electron chi connectivity index (χ0n) is 18.4. The van der Waals surface area contributed by atoms with Crippen LogP contribution in [0.25, 0.3) is 10.2 Å². The number of thiazole rings is 1. The molecule has 1 aliphatic heterocycles. The number of carbonyl (C=O) groups is 1. The molecule has 1 aromatic heterocycles. The van der Waals surface area contributed by atoms with Crippen molar-refractivity contribution in [3.8, 4) is 11.5 Å². The van der Waals surface area contributed by atoms with Crippen LogP contribution in [-0.2, 0) is 21.9 Å². The maximum atomic E-state index is 13.1. The maximum Gasteiger partial charge on any atom is 0.251 e. The molecule has 2 aromatic carbocycles. The number of sulfonamides is 1. The minimum Gasteiger partial charge on any atom is -0.495 e. The van der Waals surface area contributed by atoms with Gasteiger partial charge in [-0.2, -0.15) is 9.30 Å². The van der Waals surface area contributed by atoms with Crippen LogP contribution >= 0.6 is 11.3 Å². The fourth-order valence-electron chi connectivity index (χ4n) is 3.91. The van der Waals surface area contributed by atoms with Crippen molar-refractivity contribution in [2.24, 2.45) is 18.0 Å². The van der Waals surface area contributed by atoms with Crippen LogP contribution in [0.5, 0.6) is 11.5 Å². The summed E-state index contributed by atoms with van der Waals surface area (Å²) < 4.78 is 53.6. The number of carbonyl (C=O) groups excluding carboxylic acids is 1. The quantitative estimate of drug-likeness (QED) is 0.545. The van der Waals surface area contributed by atoms with Crippen molar-refractivity contribution in [2.75, 3.05) is 27.3 Å².